The molecule has 0 saturated carbocycles. The monoisotopic (exact) mass is 802 g/mol. The average molecular weight is 803 g/mol. The Bertz CT molecular complexity index is 2220. The summed E-state index contributed by atoms with van der Waals surface area (Å²) in [4.78, 5) is 37.5. The number of rotatable bonds is 9. The van der Waals surface area contributed by atoms with Crippen molar-refractivity contribution in [3.8, 4) is 40.2 Å². The molecule has 4 aromatic rings. The Labute approximate surface area is 320 Å². The number of aryl methyl sites for hydroxylation is 1. The van der Waals surface area contributed by atoms with Crippen molar-refractivity contribution in [2.24, 2.45) is 0 Å². The fourth-order valence-corrected chi connectivity index (χ4v) is 7.02. The molecule has 3 aliphatic rings. The molecule has 3 aliphatic heterocycles. The number of ketones is 1. The number of aromatic hydroxyl groups is 4. The molecule has 7 rings (SSSR count). The van der Waals surface area contributed by atoms with Gasteiger partial charge >= 0.3 is 0 Å². The lowest BCUT2D eigenvalue weighted by Crippen LogP contribution is -2.60. The topological polar surface area (TPSA) is 325 Å². The van der Waals surface area contributed by atoms with E-state index in [-0.39, 0.29) is 51.3 Å². The molecular formula is C37H38O20. The summed E-state index contributed by atoms with van der Waals surface area (Å²) in [6.45, 7) is -0.236. The van der Waals surface area contributed by atoms with Crippen molar-refractivity contribution >= 4 is 16.8 Å². The molecule has 2 fully saturated rings. The van der Waals surface area contributed by atoms with Crippen LogP contribution in [-0.2, 0) is 14.4 Å². The van der Waals surface area contributed by atoms with Gasteiger partial charge in [-0.2, -0.15) is 4.89 Å². The largest absolute Gasteiger partial charge is 0.507 e. The van der Waals surface area contributed by atoms with Crippen molar-refractivity contribution in [3.05, 3.63) is 75.1 Å². The van der Waals surface area contributed by atoms with Crippen LogP contribution in [0.3, 0.4) is 0 Å². The summed E-state index contributed by atoms with van der Waals surface area (Å²) in [6, 6.07) is 7.94. The maximum Gasteiger partial charge on any atom is 0.229 e. The third-order valence-electron chi connectivity index (χ3n) is 9.95. The number of carbonyl (C=O) groups is 1. The van der Waals surface area contributed by atoms with Crippen LogP contribution in [0.2, 0.25) is 0 Å². The quantitative estimate of drug-likeness (QED) is 0.0568. The Balaban J connectivity index is 1.21. The zero-order chi connectivity index (χ0) is 41.0. The Hall–Kier alpha value is -5.26. The van der Waals surface area contributed by atoms with Crippen LogP contribution >= 0.6 is 0 Å². The molecule has 306 valence electrons. The van der Waals surface area contributed by atoms with Crippen molar-refractivity contribution < 1.29 is 94.1 Å². The van der Waals surface area contributed by atoms with Crippen LogP contribution in [0.4, 0.5) is 0 Å². The molecule has 57 heavy (non-hydrogen) atoms. The number of Topliss-reactive ketones (excluding diaryl/α,β-unsaturated/α-hetero) is 1. The van der Waals surface area contributed by atoms with Gasteiger partial charge in [-0.3, -0.25) is 9.59 Å². The Morgan fingerprint density at radius 1 is 0.754 bits per heavy atom. The molecule has 0 bridgehead atoms. The second kappa shape index (κ2) is 15.6. The van der Waals surface area contributed by atoms with Crippen LogP contribution in [0.25, 0.3) is 11.0 Å². The Kier molecular flexibility index (Phi) is 10.9. The number of aliphatic hydroxyl groups is 7. The normalized spacial score (nSPS) is 30.1. The SMILES string of the molecule is Cc1cc(=O)c2c(O)cc(O)c(C3OC(CO)C(OOc4cc(OC5OC(CO)C(O)C(O)C5O)cc5c4C(=O)CC(c4ccc(O)c(O)c4)O5)C(O)C3O)c2o1. The molecule has 3 aromatic carbocycles. The Morgan fingerprint density at radius 2 is 1.49 bits per heavy atom. The van der Waals surface area contributed by atoms with E-state index in [1.54, 1.807) is 0 Å². The fourth-order valence-electron chi connectivity index (χ4n) is 7.02. The standard InChI is InChI=1S/C37H38O20/c1-12-4-17(42)26-18(43)8-19(44)28(35(26)51-12)36-32(49)31(48)34(25(11-39)54-36)57-56-23-7-14(52-37-33(50)30(47)29(46)24(10-38)55-37)6-22-27(23)20(45)9-21(53-22)13-2-3-15(40)16(41)5-13/h2-8,21,24-25,29-34,36-41,43-44,46-50H,9-11H2,1H3. The van der Waals surface area contributed by atoms with Crippen molar-refractivity contribution in [2.45, 2.75) is 80.7 Å². The maximum atomic E-state index is 13.7. The van der Waals surface area contributed by atoms with E-state index in [4.69, 9.17) is 33.1 Å². The Morgan fingerprint density at radius 3 is 2.19 bits per heavy atom. The van der Waals surface area contributed by atoms with Crippen LogP contribution in [0.5, 0.6) is 40.2 Å². The number of hydrogen-bond acceptors (Lipinski definition) is 20. The number of hydrogen-bond donors (Lipinski definition) is 11. The summed E-state index contributed by atoms with van der Waals surface area (Å²) in [6.07, 6.45) is -18.7. The molecular weight excluding hydrogens is 764 g/mol. The number of phenols is 4. The van der Waals surface area contributed by atoms with Crippen molar-refractivity contribution in [2.75, 3.05) is 13.2 Å². The highest BCUT2D eigenvalue weighted by atomic mass is 17.2. The minimum absolute atomic E-state index is 0.0741. The summed E-state index contributed by atoms with van der Waals surface area (Å²) >= 11 is 0. The third kappa shape index (κ3) is 7.27. The van der Waals surface area contributed by atoms with Gasteiger partial charge in [-0.15, -0.1) is 0 Å². The first kappa shape index (κ1) is 40.0. The van der Waals surface area contributed by atoms with Gasteiger partial charge in [0.2, 0.25) is 6.29 Å². The van der Waals surface area contributed by atoms with E-state index in [0.29, 0.717) is 0 Å². The van der Waals surface area contributed by atoms with Crippen LogP contribution in [0.1, 0.15) is 45.9 Å². The lowest BCUT2D eigenvalue weighted by molar-refractivity contribution is -0.334. The van der Waals surface area contributed by atoms with E-state index in [2.05, 4.69) is 0 Å². The highest BCUT2D eigenvalue weighted by molar-refractivity contribution is 6.03. The number of ether oxygens (including phenoxy) is 4. The van der Waals surface area contributed by atoms with Crippen LogP contribution in [0, 0.1) is 6.92 Å². The van der Waals surface area contributed by atoms with E-state index >= 15 is 0 Å². The first-order valence-electron chi connectivity index (χ1n) is 17.4. The van der Waals surface area contributed by atoms with E-state index in [9.17, 15) is 65.8 Å². The maximum absolute atomic E-state index is 13.7. The van der Waals surface area contributed by atoms with Gasteiger partial charge in [0.15, 0.2) is 40.1 Å². The predicted molar refractivity (Wildman–Crippen MR) is 186 cm³/mol. The summed E-state index contributed by atoms with van der Waals surface area (Å²) < 4.78 is 28.8. The molecule has 20 nitrogen and oxygen atoms in total. The third-order valence-corrected chi connectivity index (χ3v) is 9.95. The van der Waals surface area contributed by atoms with E-state index in [1.807, 2.05) is 0 Å². The number of aliphatic hydroxyl groups excluding tert-OH is 7. The molecule has 0 aliphatic carbocycles. The summed E-state index contributed by atoms with van der Waals surface area (Å²) in [7, 11) is 0. The smallest absolute Gasteiger partial charge is 0.229 e. The minimum Gasteiger partial charge on any atom is -0.507 e. The average Bonchev–Trinajstić information content (AvgIpc) is 3.16. The minimum atomic E-state index is -1.98. The lowest BCUT2D eigenvalue weighted by Gasteiger charge is -2.41. The van der Waals surface area contributed by atoms with Gasteiger partial charge in [0.05, 0.1) is 25.2 Å². The van der Waals surface area contributed by atoms with Crippen molar-refractivity contribution in [1.82, 2.24) is 0 Å². The molecule has 11 atom stereocenters. The number of benzene rings is 3. The summed E-state index contributed by atoms with van der Waals surface area (Å²) in [5.74, 6) is -3.68. The summed E-state index contributed by atoms with van der Waals surface area (Å²) in [5.41, 5.74) is -1.34. The molecule has 20 heteroatoms. The highest BCUT2D eigenvalue weighted by Crippen LogP contribution is 2.46. The van der Waals surface area contributed by atoms with E-state index in [0.717, 1.165) is 18.2 Å². The molecule has 0 spiro atoms. The zero-order valence-electron chi connectivity index (χ0n) is 29.6. The first-order valence-corrected chi connectivity index (χ1v) is 17.4. The lowest BCUT2D eigenvalue weighted by atomic mass is 9.89. The van der Waals surface area contributed by atoms with Gasteiger partial charge in [-0.05, 0) is 24.6 Å². The number of fused-ring (bicyclic) bond motifs is 2. The van der Waals surface area contributed by atoms with Gasteiger partial charge in [0.1, 0.15) is 94.6 Å². The molecule has 2 saturated heterocycles. The molecule has 1 aromatic heterocycles. The van der Waals surface area contributed by atoms with Gasteiger partial charge in [-0.25, -0.2) is 0 Å². The second-order valence-corrected chi connectivity index (χ2v) is 13.7. The predicted octanol–water partition coefficient (Wildman–Crippen LogP) is -0.658. The number of phenolic OH excluding ortho intramolecular Hbond substituents is 4. The highest BCUT2D eigenvalue weighted by Gasteiger charge is 2.49. The van der Waals surface area contributed by atoms with Gasteiger partial charge in [0, 0.05) is 24.3 Å². The molecule has 11 unspecified atom stereocenters. The molecule has 11 N–H and O–H groups in total. The second-order valence-electron chi connectivity index (χ2n) is 13.7. The van der Waals surface area contributed by atoms with Gasteiger partial charge in [0.25, 0.3) is 0 Å². The van der Waals surface area contributed by atoms with E-state index < -0.39 is 121 Å². The van der Waals surface area contributed by atoms with Crippen molar-refractivity contribution in [3.63, 3.8) is 0 Å². The fraction of sp³-hybridized carbons (Fsp3) is 0.405. The van der Waals surface area contributed by atoms with Gasteiger partial charge < -0.3 is 84.4 Å². The summed E-state index contributed by atoms with van der Waals surface area (Å²) in [5, 5.41) is 114. The van der Waals surface area contributed by atoms with Crippen LogP contribution < -0.4 is 19.8 Å². The zero-order valence-corrected chi connectivity index (χ0v) is 29.6. The van der Waals surface area contributed by atoms with Crippen LogP contribution in [-0.4, -0.2) is 130 Å². The number of carbonyl (C=O) groups excluding carboxylic acids is 1. The molecule has 0 amide bonds. The molecule has 0 radical (unpaired) electrons. The van der Waals surface area contributed by atoms with Gasteiger partial charge in [-0.1, -0.05) is 6.07 Å². The molecule has 4 heterocycles. The van der Waals surface area contributed by atoms with Crippen LogP contribution in [0.15, 0.2) is 51.7 Å². The van der Waals surface area contributed by atoms with Crippen molar-refractivity contribution in [1.29, 1.82) is 0 Å². The first-order chi connectivity index (χ1) is 27.1. The van der Waals surface area contributed by atoms with E-state index in [1.165, 1.54) is 31.2 Å².